The minimum atomic E-state index is -0.184. The van der Waals surface area contributed by atoms with Gasteiger partial charge in [0.05, 0.1) is 11.1 Å². The molecule has 0 fully saturated rings. The second kappa shape index (κ2) is 7.39. The van der Waals surface area contributed by atoms with E-state index in [1.165, 1.54) is 0 Å². The maximum absolute atomic E-state index is 12.3. The van der Waals surface area contributed by atoms with Crippen molar-refractivity contribution < 1.29 is 4.79 Å². The van der Waals surface area contributed by atoms with E-state index in [0.29, 0.717) is 15.6 Å². The average molecular weight is 306 g/mol. The second-order valence-corrected chi connectivity index (χ2v) is 5.97. The van der Waals surface area contributed by atoms with Crippen molar-refractivity contribution >= 4 is 40.7 Å². The summed E-state index contributed by atoms with van der Waals surface area (Å²) >= 11 is 13.6. The number of benzene rings is 1. The first-order valence-electron chi connectivity index (χ1n) is 5.65. The topological polar surface area (TPSA) is 20.3 Å². The average Bonchev–Trinajstić information content (AvgIpc) is 2.34. The SMILES string of the molecule is CSCCN(C)C(C)C(=O)c1ccc(Cl)cc1Cl. The third-order valence-electron chi connectivity index (χ3n) is 2.89. The van der Waals surface area contributed by atoms with Gasteiger partial charge >= 0.3 is 0 Å². The summed E-state index contributed by atoms with van der Waals surface area (Å²) < 4.78 is 0. The van der Waals surface area contributed by atoms with E-state index in [1.807, 2.05) is 18.9 Å². The van der Waals surface area contributed by atoms with Crippen LogP contribution in [-0.2, 0) is 0 Å². The molecule has 0 aliphatic carbocycles. The first kappa shape index (κ1) is 15.8. The summed E-state index contributed by atoms with van der Waals surface area (Å²) in [5.41, 5.74) is 0.532. The highest BCUT2D eigenvalue weighted by Crippen LogP contribution is 2.23. The number of ketones is 1. The fraction of sp³-hybridized carbons (Fsp3) is 0.462. The molecule has 0 aliphatic heterocycles. The normalized spacial score (nSPS) is 12.8. The Kier molecular flexibility index (Phi) is 6.50. The van der Waals surface area contributed by atoms with Crippen molar-refractivity contribution in [3.05, 3.63) is 33.8 Å². The maximum Gasteiger partial charge on any atom is 0.181 e. The molecule has 0 amide bonds. The number of carbonyl (C=O) groups excluding carboxylic acids is 1. The molecule has 2 nitrogen and oxygen atoms in total. The molecule has 1 atom stereocenters. The molecule has 0 aromatic heterocycles. The zero-order valence-corrected chi connectivity index (χ0v) is 13.1. The molecule has 0 N–H and O–H groups in total. The molecule has 1 aromatic rings. The summed E-state index contributed by atoms with van der Waals surface area (Å²) in [7, 11) is 1.95. The Morgan fingerprint density at radius 1 is 1.44 bits per heavy atom. The van der Waals surface area contributed by atoms with Gasteiger partial charge in [-0.25, -0.2) is 0 Å². The van der Waals surface area contributed by atoms with Gasteiger partial charge in [0.15, 0.2) is 5.78 Å². The largest absolute Gasteiger partial charge is 0.296 e. The molecular weight excluding hydrogens is 289 g/mol. The second-order valence-electron chi connectivity index (χ2n) is 4.14. The number of hydrogen-bond donors (Lipinski definition) is 0. The van der Waals surface area contributed by atoms with Gasteiger partial charge in [-0.15, -0.1) is 0 Å². The van der Waals surface area contributed by atoms with Crippen molar-refractivity contribution in [2.24, 2.45) is 0 Å². The van der Waals surface area contributed by atoms with Crippen LogP contribution < -0.4 is 0 Å². The van der Waals surface area contributed by atoms with Crippen molar-refractivity contribution in [2.45, 2.75) is 13.0 Å². The number of nitrogens with zero attached hydrogens (tertiary/aromatic N) is 1. The number of likely N-dealkylation sites (N-methyl/N-ethyl adjacent to an activating group) is 1. The Hall–Kier alpha value is -0.220. The van der Waals surface area contributed by atoms with Gasteiger partial charge in [-0.05, 0) is 38.4 Å². The summed E-state index contributed by atoms with van der Waals surface area (Å²) in [5, 5.41) is 0.956. The highest BCUT2D eigenvalue weighted by molar-refractivity contribution is 7.98. The molecule has 0 bridgehead atoms. The van der Waals surface area contributed by atoms with E-state index in [0.717, 1.165) is 12.3 Å². The van der Waals surface area contributed by atoms with Gasteiger partial charge in [0, 0.05) is 22.9 Å². The Balaban J connectivity index is 2.79. The van der Waals surface area contributed by atoms with Gasteiger partial charge in [0.25, 0.3) is 0 Å². The van der Waals surface area contributed by atoms with Gasteiger partial charge < -0.3 is 0 Å². The van der Waals surface area contributed by atoms with Crippen molar-refractivity contribution in [2.75, 3.05) is 25.6 Å². The molecular formula is C13H17Cl2NOS. The predicted molar refractivity (Wildman–Crippen MR) is 81.3 cm³/mol. The highest BCUT2D eigenvalue weighted by Gasteiger charge is 2.21. The van der Waals surface area contributed by atoms with Crippen molar-refractivity contribution in [3.8, 4) is 0 Å². The van der Waals surface area contributed by atoms with Gasteiger partial charge in [-0.1, -0.05) is 23.2 Å². The first-order chi connectivity index (χ1) is 8.47. The van der Waals surface area contributed by atoms with Crippen LogP contribution in [0.2, 0.25) is 10.0 Å². The lowest BCUT2D eigenvalue weighted by molar-refractivity contribution is 0.0875. The predicted octanol–water partition coefficient (Wildman–Crippen LogP) is 3.86. The van der Waals surface area contributed by atoms with E-state index in [4.69, 9.17) is 23.2 Å². The van der Waals surface area contributed by atoms with Crippen LogP contribution in [0.25, 0.3) is 0 Å². The van der Waals surface area contributed by atoms with Crippen LogP contribution in [0.4, 0.5) is 0 Å². The molecule has 1 unspecified atom stereocenters. The fourth-order valence-electron chi connectivity index (χ4n) is 1.54. The lowest BCUT2D eigenvalue weighted by Crippen LogP contribution is -2.37. The molecule has 0 radical (unpaired) electrons. The van der Waals surface area contributed by atoms with Crippen molar-refractivity contribution in [1.82, 2.24) is 4.90 Å². The highest BCUT2D eigenvalue weighted by atomic mass is 35.5. The van der Waals surface area contributed by atoms with Gasteiger partial charge in [-0.3, -0.25) is 9.69 Å². The van der Waals surface area contributed by atoms with E-state index >= 15 is 0 Å². The Morgan fingerprint density at radius 2 is 2.11 bits per heavy atom. The van der Waals surface area contributed by atoms with E-state index < -0.39 is 0 Å². The summed E-state index contributed by atoms with van der Waals surface area (Å²) in [4.78, 5) is 14.3. The molecule has 1 rings (SSSR count). The third kappa shape index (κ3) is 4.16. The number of rotatable bonds is 6. The third-order valence-corrected chi connectivity index (χ3v) is 4.02. The lowest BCUT2D eigenvalue weighted by Gasteiger charge is -2.23. The molecule has 0 aliphatic rings. The van der Waals surface area contributed by atoms with Gasteiger partial charge in [0.2, 0.25) is 0 Å². The van der Waals surface area contributed by atoms with E-state index in [2.05, 4.69) is 6.26 Å². The van der Waals surface area contributed by atoms with Crippen LogP contribution in [0.5, 0.6) is 0 Å². The lowest BCUT2D eigenvalue weighted by atomic mass is 10.0. The maximum atomic E-state index is 12.3. The first-order valence-corrected chi connectivity index (χ1v) is 7.80. The van der Waals surface area contributed by atoms with E-state index in [9.17, 15) is 4.79 Å². The van der Waals surface area contributed by atoms with E-state index in [-0.39, 0.29) is 11.8 Å². The van der Waals surface area contributed by atoms with Crippen LogP contribution in [0, 0.1) is 0 Å². The van der Waals surface area contributed by atoms with Crippen LogP contribution in [-0.4, -0.2) is 42.3 Å². The standard InChI is InChI=1S/C13H17Cl2NOS/c1-9(16(2)6-7-18-3)13(17)11-5-4-10(14)8-12(11)15/h4-5,8-9H,6-7H2,1-3H3. The number of thioether (sulfide) groups is 1. The number of halogens is 2. The van der Waals surface area contributed by atoms with Gasteiger partial charge in [-0.2, -0.15) is 11.8 Å². The molecule has 0 spiro atoms. The zero-order chi connectivity index (χ0) is 13.7. The Bertz CT molecular complexity index is 425. The summed E-state index contributed by atoms with van der Waals surface area (Å²) in [5.74, 6) is 1.03. The number of hydrogen-bond acceptors (Lipinski definition) is 3. The van der Waals surface area contributed by atoms with Crippen molar-refractivity contribution in [1.29, 1.82) is 0 Å². The molecule has 0 heterocycles. The van der Waals surface area contributed by atoms with Crippen LogP contribution in [0.1, 0.15) is 17.3 Å². The van der Waals surface area contributed by atoms with Gasteiger partial charge in [0.1, 0.15) is 0 Å². The molecule has 100 valence electrons. The molecule has 5 heteroatoms. The minimum absolute atomic E-state index is 0.0280. The number of carbonyl (C=O) groups is 1. The molecule has 0 saturated heterocycles. The quantitative estimate of drug-likeness (QED) is 0.744. The Morgan fingerprint density at radius 3 is 2.67 bits per heavy atom. The molecule has 0 saturated carbocycles. The molecule has 18 heavy (non-hydrogen) atoms. The van der Waals surface area contributed by atoms with E-state index in [1.54, 1.807) is 30.0 Å². The summed E-state index contributed by atoms with van der Waals surface area (Å²) in [6.07, 6.45) is 2.05. The monoisotopic (exact) mass is 305 g/mol. The van der Waals surface area contributed by atoms with Crippen molar-refractivity contribution in [3.63, 3.8) is 0 Å². The van der Waals surface area contributed by atoms with Crippen LogP contribution >= 0.6 is 35.0 Å². The minimum Gasteiger partial charge on any atom is -0.296 e. The van der Waals surface area contributed by atoms with Crippen LogP contribution in [0.3, 0.4) is 0 Å². The van der Waals surface area contributed by atoms with Crippen LogP contribution in [0.15, 0.2) is 18.2 Å². The Labute approximate surface area is 123 Å². The zero-order valence-electron chi connectivity index (χ0n) is 10.7. The summed E-state index contributed by atoms with van der Waals surface area (Å²) in [6, 6.07) is 4.79. The smallest absolute Gasteiger partial charge is 0.181 e. The number of Topliss-reactive ketones (excluding diaryl/α,β-unsaturated/α-hetero) is 1. The fourth-order valence-corrected chi connectivity index (χ4v) is 2.52. The molecule has 1 aromatic carbocycles. The summed E-state index contributed by atoms with van der Waals surface area (Å²) in [6.45, 7) is 2.77.